The van der Waals surface area contributed by atoms with Crippen molar-refractivity contribution in [2.24, 2.45) is 5.92 Å². The number of anilines is 1. The molecule has 1 atom stereocenters. The van der Waals surface area contributed by atoms with Crippen LogP contribution >= 0.6 is 0 Å². The monoisotopic (exact) mass is 383 g/mol. The smallest absolute Gasteiger partial charge is 0.258 e. The third kappa shape index (κ3) is 4.08. The van der Waals surface area contributed by atoms with E-state index in [0.717, 1.165) is 12.1 Å². The van der Waals surface area contributed by atoms with Gasteiger partial charge in [-0.05, 0) is 56.9 Å². The Hall–Kier alpha value is -2.69. The third-order valence-corrected chi connectivity index (χ3v) is 4.75. The second-order valence-corrected chi connectivity index (χ2v) is 6.95. The van der Waals surface area contributed by atoms with Crippen molar-refractivity contribution in [2.45, 2.75) is 34.1 Å². The van der Waals surface area contributed by atoms with E-state index in [0.29, 0.717) is 55.1 Å². The number of hydrogen-bond acceptors (Lipinski definition) is 4. The van der Waals surface area contributed by atoms with Crippen LogP contribution in [0.5, 0.6) is 17.2 Å². The highest BCUT2D eigenvalue weighted by atomic mass is 16.5. The van der Waals surface area contributed by atoms with E-state index in [2.05, 4.69) is 13.0 Å². The molecule has 1 unspecified atom stereocenters. The Morgan fingerprint density at radius 3 is 2.21 bits per heavy atom. The summed E-state index contributed by atoms with van der Waals surface area (Å²) in [4.78, 5) is 15.3. The van der Waals surface area contributed by atoms with Crippen LogP contribution in [0.4, 0.5) is 5.69 Å². The van der Waals surface area contributed by atoms with E-state index < -0.39 is 0 Å². The average molecular weight is 383 g/mol. The summed E-state index contributed by atoms with van der Waals surface area (Å²) < 4.78 is 17.3. The number of rotatable bonds is 7. The van der Waals surface area contributed by atoms with Crippen LogP contribution < -0.4 is 19.1 Å². The number of ether oxygens (including phenoxy) is 3. The first-order valence-electron chi connectivity index (χ1n) is 10.0. The largest absolute Gasteiger partial charge is 0.490 e. The Morgan fingerprint density at radius 1 is 1.00 bits per heavy atom. The summed E-state index contributed by atoms with van der Waals surface area (Å²) in [6.45, 7) is 10.0. The Bertz CT molecular complexity index is 806. The molecular weight excluding hydrogens is 354 g/mol. The van der Waals surface area contributed by atoms with Crippen molar-refractivity contribution in [2.75, 3.05) is 31.3 Å². The first kappa shape index (κ1) is 20.1. The highest BCUT2D eigenvalue weighted by Crippen LogP contribution is 2.40. The van der Waals surface area contributed by atoms with Gasteiger partial charge in [0, 0.05) is 17.8 Å². The summed E-state index contributed by atoms with van der Waals surface area (Å²) in [5, 5.41) is 0. The number of para-hydroxylation sites is 1. The third-order valence-electron chi connectivity index (χ3n) is 4.75. The van der Waals surface area contributed by atoms with E-state index >= 15 is 0 Å². The van der Waals surface area contributed by atoms with E-state index in [1.165, 1.54) is 5.56 Å². The van der Waals surface area contributed by atoms with E-state index in [1.807, 2.05) is 43.9 Å². The minimum atomic E-state index is -0.0519. The van der Waals surface area contributed by atoms with Crippen molar-refractivity contribution in [1.82, 2.24) is 0 Å². The Morgan fingerprint density at radius 2 is 1.61 bits per heavy atom. The molecule has 5 heteroatoms. The molecule has 2 aromatic rings. The van der Waals surface area contributed by atoms with Crippen molar-refractivity contribution < 1.29 is 19.0 Å². The molecule has 0 bridgehead atoms. The van der Waals surface area contributed by atoms with Crippen LogP contribution in [0.15, 0.2) is 36.4 Å². The number of fused-ring (bicyclic) bond motifs is 1. The molecule has 3 rings (SSSR count). The van der Waals surface area contributed by atoms with Gasteiger partial charge in [-0.2, -0.15) is 0 Å². The average Bonchev–Trinajstić information content (AvgIpc) is 2.69. The lowest BCUT2D eigenvalue weighted by Crippen LogP contribution is -2.39. The van der Waals surface area contributed by atoms with Crippen molar-refractivity contribution in [3.8, 4) is 17.2 Å². The number of benzene rings is 2. The summed E-state index contributed by atoms with van der Waals surface area (Å²) in [7, 11) is 0. The zero-order valence-corrected chi connectivity index (χ0v) is 17.2. The molecule has 0 aliphatic carbocycles. The summed E-state index contributed by atoms with van der Waals surface area (Å²) >= 11 is 0. The van der Waals surface area contributed by atoms with Crippen LogP contribution in [0, 0.1) is 5.92 Å². The molecule has 1 amide bonds. The van der Waals surface area contributed by atoms with Crippen molar-refractivity contribution in [3.05, 3.63) is 47.5 Å². The Balaban J connectivity index is 2.04. The maximum absolute atomic E-state index is 13.5. The number of carbonyl (C=O) groups is 1. The molecule has 0 aromatic heterocycles. The highest BCUT2D eigenvalue weighted by Gasteiger charge is 2.28. The SMILES string of the molecule is CCOc1cc(C(=O)N2CC(C)Cc3ccccc32)cc(OCC)c1OCC. The molecule has 0 saturated carbocycles. The van der Waals surface area contributed by atoms with Gasteiger partial charge in [-0.25, -0.2) is 0 Å². The molecule has 1 aliphatic rings. The summed E-state index contributed by atoms with van der Waals surface area (Å²) in [5.41, 5.74) is 2.73. The Kier molecular flexibility index (Phi) is 6.45. The topological polar surface area (TPSA) is 48.0 Å². The van der Waals surface area contributed by atoms with Gasteiger partial charge in [0.05, 0.1) is 19.8 Å². The van der Waals surface area contributed by atoms with Crippen LogP contribution in [-0.4, -0.2) is 32.3 Å². The molecule has 1 aliphatic heterocycles. The first-order chi connectivity index (χ1) is 13.6. The van der Waals surface area contributed by atoms with Crippen LogP contribution in [0.3, 0.4) is 0 Å². The van der Waals surface area contributed by atoms with E-state index in [-0.39, 0.29) is 5.91 Å². The minimum Gasteiger partial charge on any atom is -0.490 e. The van der Waals surface area contributed by atoms with Gasteiger partial charge in [-0.15, -0.1) is 0 Å². The van der Waals surface area contributed by atoms with Gasteiger partial charge in [0.2, 0.25) is 5.75 Å². The normalized spacial score (nSPS) is 15.7. The molecule has 150 valence electrons. The van der Waals surface area contributed by atoms with Crippen LogP contribution in [-0.2, 0) is 6.42 Å². The molecular formula is C23H29NO4. The number of hydrogen-bond donors (Lipinski definition) is 0. The lowest BCUT2D eigenvalue weighted by Gasteiger charge is -2.33. The molecule has 0 saturated heterocycles. The zero-order valence-electron chi connectivity index (χ0n) is 17.2. The summed E-state index contributed by atoms with van der Waals surface area (Å²) in [5.74, 6) is 1.98. The predicted molar refractivity (Wildman–Crippen MR) is 111 cm³/mol. The molecule has 0 radical (unpaired) electrons. The molecule has 0 N–H and O–H groups in total. The molecule has 5 nitrogen and oxygen atoms in total. The first-order valence-corrected chi connectivity index (χ1v) is 10.0. The quantitative estimate of drug-likeness (QED) is 0.694. The molecule has 0 spiro atoms. The number of nitrogens with zero attached hydrogens (tertiary/aromatic N) is 1. The minimum absolute atomic E-state index is 0.0519. The second kappa shape index (κ2) is 9.00. The molecule has 28 heavy (non-hydrogen) atoms. The number of carbonyl (C=O) groups excluding carboxylic acids is 1. The standard InChI is InChI=1S/C23H29NO4/c1-5-26-20-13-18(14-21(27-6-2)22(20)28-7-3)23(25)24-15-16(4)12-17-10-8-9-11-19(17)24/h8-11,13-14,16H,5-7,12,15H2,1-4H3. The van der Waals surface area contributed by atoms with Crippen LogP contribution in [0.25, 0.3) is 0 Å². The fourth-order valence-electron chi connectivity index (χ4n) is 3.66. The summed E-state index contributed by atoms with van der Waals surface area (Å²) in [6, 6.07) is 11.6. The van der Waals surface area contributed by atoms with Gasteiger partial charge < -0.3 is 19.1 Å². The van der Waals surface area contributed by atoms with Gasteiger partial charge in [-0.3, -0.25) is 4.79 Å². The maximum atomic E-state index is 13.5. The van der Waals surface area contributed by atoms with Gasteiger partial charge >= 0.3 is 0 Å². The summed E-state index contributed by atoms with van der Waals surface area (Å²) in [6.07, 6.45) is 0.984. The van der Waals surface area contributed by atoms with E-state index in [9.17, 15) is 4.79 Å². The van der Waals surface area contributed by atoms with Gasteiger partial charge in [0.1, 0.15) is 0 Å². The van der Waals surface area contributed by atoms with E-state index in [1.54, 1.807) is 12.1 Å². The van der Waals surface area contributed by atoms with Crippen molar-refractivity contribution in [3.63, 3.8) is 0 Å². The maximum Gasteiger partial charge on any atom is 0.258 e. The lowest BCUT2D eigenvalue weighted by molar-refractivity contribution is 0.0980. The number of amides is 1. The highest BCUT2D eigenvalue weighted by molar-refractivity contribution is 6.07. The van der Waals surface area contributed by atoms with E-state index in [4.69, 9.17) is 14.2 Å². The predicted octanol–water partition coefficient (Wildman–Crippen LogP) is 4.72. The second-order valence-electron chi connectivity index (χ2n) is 6.95. The van der Waals surface area contributed by atoms with Crippen LogP contribution in [0.2, 0.25) is 0 Å². The van der Waals surface area contributed by atoms with Gasteiger partial charge in [0.15, 0.2) is 11.5 Å². The molecule has 2 aromatic carbocycles. The Labute approximate surface area is 167 Å². The van der Waals surface area contributed by atoms with Gasteiger partial charge in [0.25, 0.3) is 5.91 Å². The van der Waals surface area contributed by atoms with Crippen LogP contribution in [0.1, 0.15) is 43.6 Å². The van der Waals surface area contributed by atoms with Crippen molar-refractivity contribution in [1.29, 1.82) is 0 Å². The zero-order chi connectivity index (χ0) is 20.1. The fraction of sp³-hybridized carbons (Fsp3) is 0.435. The lowest BCUT2D eigenvalue weighted by atomic mass is 9.93. The fourth-order valence-corrected chi connectivity index (χ4v) is 3.66. The molecule has 1 heterocycles. The van der Waals surface area contributed by atoms with Gasteiger partial charge in [-0.1, -0.05) is 25.1 Å². The molecule has 0 fully saturated rings. The van der Waals surface area contributed by atoms with Crippen molar-refractivity contribution >= 4 is 11.6 Å².